The number of hydrazine groups is 1. The Labute approximate surface area is 134 Å². The molecular formula is C16H31ClN4. The van der Waals surface area contributed by atoms with Gasteiger partial charge in [0, 0.05) is 18.6 Å². The lowest BCUT2D eigenvalue weighted by molar-refractivity contribution is 0.00464. The Morgan fingerprint density at radius 1 is 1.24 bits per heavy atom. The van der Waals surface area contributed by atoms with Crippen LogP contribution < -0.4 is 16.1 Å². The summed E-state index contributed by atoms with van der Waals surface area (Å²) in [4.78, 5) is 0. The van der Waals surface area contributed by atoms with Crippen LogP contribution in [-0.2, 0) is 0 Å². The Morgan fingerprint density at radius 2 is 1.95 bits per heavy atom. The molecule has 1 saturated carbocycles. The lowest BCUT2D eigenvalue weighted by Gasteiger charge is -2.46. The van der Waals surface area contributed by atoms with Gasteiger partial charge in [-0.1, -0.05) is 39.5 Å². The maximum atomic E-state index is 6.53. The fraction of sp³-hybridized carbons (Fsp3) is 1.00. The lowest BCUT2D eigenvalue weighted by Crippen LogP contribution is -2.67. The third-order valence-electron chi connectivity index (χ3n) is 5.71. The zero-order chi connectivity index (χ0) is 14.8. The van der Waals surface area contributed by atoms with E-state index in [9.17, 15) is 0 Å². The van der Waals surface area contributed by atoms with E-state index >= 15 is 0 Å². The van der Waals surface area contributed by atoms with Crippen LogP contribution >= 0.6 is 11.6 Å². The van der Waals surface area contributed by atoms with E-state index in [1.54, 1.807) is 0 Å². The highest BCUT2D eigenvalue weighted by atomic mass is 35.5. The largest absolute Gasteiger partial charge is 0.298 e. The summed E-state index contributed by atoms with van der Waals surface area (Å²) in [6, 6.07) is 1.29. The van der Waals surface area contributed by atoms with E-state index in [-0.39, 0.29) is 11.5 Å². The highest BCUT2D eigenvalue weighted by Crippen LogP contribution is 2.29. The third kappa shape index (κ3) is 3.40. The lowest BCUT2D eigenvalue weighted by atomic mass is 9.88. The summed E-state index contributed by atoms with van der Waals surface area (Å²) in [7, 11) is 0. The molecule has 1 aliphatic carbocycles. The number of fused-ring (bicyclic) bond motifs is 1. The van der Waals surface area contributed by atoms with Crippen LogP contribution in [0, 0.1) is 5.92 Å². The molecule has 2 saturated heterocycles. The van der Waals surface area contributed by atoms with Crippen LogP contribution in [-0.4, -0.2) is 41.3 Å². The molecule has 3 N–H and O–H groups in total. The molecule has 4 unspecified atom stereocenters. The van der Waals surface area contributed by atoms with Crippen LogP contribution in [0.1, 0.15) is 58.8 Å². The van der Waals surface area contributed by atoms with Crippen LogP contribution in [0.15, 0.2) is 0 Å². The zero-order valence-corrected chi connectivity index (χ0v) is 14.2. The van der Waals surface area contributed by atoms with Crippen molar-refractivity contribution in [1.29, 1.82) is 0 Å². The molecule has 2 aliphatic heterocycles. The molecule has 0 radical (unpaired) electrons. The fourth-order valence-electron chi connectivity index (χ4n) is 4.41. The standard InChI is InChI=1S/C16H31ClN4/c1-3-11(4-2)14-9-15(19-12-7-5-6-8-12)21-16(20-14)13(17)10-18-21/h11-16,18-20H,3-10H2,1-2H3. The molecule has 0 aromatic heterocycles. The minimum absolute atomic E-state index is 0.162. The van der Waals surface area contributed by atoms with Crippen molar-refractivity contribution in [1.82, 2.24) is 21.1 Å². The van der Waals surface area contributed by atoms with E-state index in [4.69, 9.17) is 11.6 Å². The predicted octanol–water partition coefficient (Wildman–Crippen LogP) is 2.40. The molecule has 5 heteroatoms. The molecule has 3 aliphatic rings. The maximum Gasteiger partial charge on any atom is 0.0931 e. The van der Waals surface area contributed by atoms with Gasteiger partial charge in [-0.2, -0.15) is 0 Å². The molecule has 2 heterocycles. The van der Waals surface area contributed by atoms with E-state index in [0.29, 0.717) is 18.2 Å². The van der Waals surface area contributed by atoms with Crippen LogP contribution in [0.5, 0.6) is 0 Å². The van der Waals surface area contributed by atoms with Crippen LogP contribution in [0.2, 0.25) is 0 Å². The number of nitrogens with zero attached hydrogens (tertiary/aromatic N) is 1. The Hall–Kier alpha value is 0.130. The van der Waals surface area contributed by atoms with E-state index in [1.807, 2.05) is 0 Å². The Kier molecular flexibility index (Phi) is 5.44. The predicted molar refractivity (Wildman–Crippen MR) is 88.1 cm³/mol. The molecule has 0 bridgehead atoms. The van der Waals surface area contributed by atoms with Crippen molar-refractivity contribution in [3.8, 4) is 0 Å². The summed E-state index contributed by atoms with van der Waals surface area (Å²) in [5.41, 5.74) is 3.50. The Balaban J connectivity index is 1.69. The van der Waals surface area contributed by atoms with Crippen molar-refractivity contribution in [2.75, 3.05) is 6.54 Å². The van der Waals surface area contributed by atoms with Crippen molar-refractivity contribution < 1.29 is 0 Å². The zero-order valence-electron chi connectivity index (χ0n) is 13.4. The van der Waals surface area contributed by atoms with Crippen molar-refractivity contribution in [2.24, 2.45) is 5.92 Å². The second kappa shape index (κ2) is 7.14. The Bertz CT molecular complexity index is 330. The number of hydrogen-bond donors (Lipinski definition) is 3. The van der Waals surface area contributed by atoms with E-state index in [0.717, 1.165) is 12.5 Å². The monoisotopic (exact) mass is 314 g/mol. The average Bonchev–Trinajstić information content (AvgIpc) is 3.11. The summed E-state index contributed by atoms with van der Waals surface area (Å²) in [5, 5.41) is 10.2. The summed E-state index contributed by atoms with van der Waals surface area (Å²) in [6.07, 6.45) is 9.80. The first-order valence-electron chi connectivity index (χ1n) is 8.91. The summed E-state index contributed by atoms with van der Waals surface area (Å²) in [6.45, 7) is 5.50. The third-order valence-corrected chi connectivity index (χ3v) is 6.10. The van der Waals surface area contributed by atoms with Crippen molar-refractivity contribution in [2.45, 2.75) is 88.6 Å². The number of rotatable bonds is 5. The van der Waals surface area contributed by atoms with Gasteiger partial charge in [0.05, 0.1) is 17.7 Å². The van der Waals surface area contributed by atoms with Crippen LogP contribution in [0.4, 0.5) is 0 Å². The molecule has 0 amide bonds. The molecule has 3 fully saturated rings. The normalized spacial score (nSPS) is 38.3. The van der Waals surface area contributed by atoms with Gasteiger partial charge in [0.15, 0.2) is 0 Å². The molecule has 0 aromatic rings. The summed E-state index contributed by atoms with van der Waals surface area (Å²) < 4.78 is 0. The van der Waals surface area contributed by atoms with Crippen LogP contribution in [0.3, 0.4) is 0 Å². The smallest absolute Gasteiger partial charge is 0.0931 e. The second-order valence-electron chi connectivity index (χ2n) is 6.98. The highest BCUT2D eigenvalue weighted by Gasteiger charge is 2.44. The first kappa shape index (κ1) is 16.0. The van der Waals surface area contributed by atoms with E-state index < -0.39 is 0 Å². The average molecular weight is 315 g/mol. The fourth-order valence-corrected chi connectivity index (χ4v) is 4.67. The summed E-state index contributed by atoms with van der Waals surface area (Å²) >= 11 is 6.53. The van der Waals surface area contributed by atoms with Crippen molar-refractivity contribution >= 4 is 11.6 Å². The molecule has 0 aromatic carbocycles. The number of hydrogen-bond acceptors (Lipinski definition) is 4. The molecule has 122 valence electrons. The van der Waals surface area contributed by atoms with Crippen molar-refractivity contribution in [3.63, 3.8) is 0 Å². The number of nitrogens with one attached hydrogen (secondary N) is 3. The van der Waals surface area contributed by atoms with Gasteiger partial charge in [0.25, 0.3) is 0 Å². The quantitative estimate of drug-likeness (QED) is 0.682. The number of alkyl halides is 1. The number of halogens is 1. The molecule has 3 rings (SSSR count). The minimum Gasteiger partial charge on any atom is -0.298 e. The van der Waals surface area contributed by atoms with Gasteiger partial charge in [-0.15, -0.1) is 11.6 Å². The van der Waals surface area contributed by atoms with Gasteiger partial charge in [0.1, 0.15) is 0 Å². The molecule has 0 spiro atoms. The van der Waals surface area contributed by atoms with Gasteiger partial charge in [0.2, 0.25) is 0 Å². The van der Waals surface area contributed by atoms with Crippen molar-refractivity contribution in [3.05, 3.63) is 0 Å². The minimum atomic E-state index is 0.162. The molecular weight excluding hydrogens is 284 g/mol. The van der Waals surface area contributed by atoms with E-state index in [2.05, 4.69) is 34.9 Å². The van der Waals surface area contributed by atoms with Gasteiger partial charge in [-0.3, -0.25) is 16.1 Å². The second-order valence-corrected chi connectivity index (χ2v) is 7.54. The molecule has 21 heavy (non-hydrogen) atoms. The molecule has 4 atom stereocenters. The first-order chi connectivity index (χ1) is 10.2. The summed E-state index contributed by atoms with van der Waals surface area (Å²) in [5.74, 6) is 0.754. The highest BCUT2D eigenvalue weighted by molar-refractivity contribution is 6.21. The van der Waals surface area contributed by atoms with Crippen LogP contribution in [0.25, 0.3) is 0 Å². The maximum absolute atomic E-state index is 6.53. The first-order valence-corrected chi connectivity index (χ1v) is 9.34. The topological polar surface area (TPSA) is 39.3 Å². The molecule has 4 nitrogen and oxygen atoms in total. The SMILES string of the molecule is CCC(CC)C1CC(NC2CCCC2)N2NCC(Cl)C2N1. The Morgan fingerprint density at radius 3 is 2.62 bits per heavy atom. The van der Waals surface area contributed by atoms with E-state index in [1.165, 1.54) is 44.9 Å². The van der Waals surface area contributed by atoms with Gasteiger partial charge in [-0.05, 0) is 25.2 Å². The van der Waals surface area contributed by atoms with Gasteiger partial charge in [-0.25, -0.2) is 5.01 Å². The van der Waals surface area contributed by atoms with Gasteiger partial charge >= 0.3 is 0 Å². The van der Waals surface area contributed by atoms with Gasteiger partial charge < -0.3 is 0 Å².